The van der Waals surface area contributed by atoms with Gasteiger partial charge in [-0.25, -0.2) is 4.98 Å². The average molecular weight is 576 g/mol. The summed E-state index contributed by atoms with van der Waals surface area (Å²) in [7, 11) is 0. The first kappa shape index (κ1) is 31.2. The van der Waals surface area contributed by atoms with E-state index in [1.807, 2.05) is 32.1 Å². The van der Waals surface area contributed by atoms with Gasteiger partial charge in [0.15, 0.2) is 0 Å². The van der Waals surface area contributed by atoms with Crippen LogP contribution in [0.15, 0.2) is 24.3 Å². The Morgan fingerprint density at radius 1 is 0.842 bits per heavy atom. The summed E-state index contributed by atoms with van der Waals surface area (Å²) in [6.45, 7) is 2.28. The number of pyridine rings is 1. The van der Waals surface area contributed by atoms with Crippen LogP contribution in [0.3, 0.4) is 0 Å². The fourth-order valence-corrected chi connectivity index (χ4v) is 4.60. The molecule has 202 valence electrons. The Labute approximate surface area is 230 Å². The standard InChI is InChI=1S/C23H21F6N2O.C5H5.Fe/c24-22(25,26)18-9-5-8-16-17(12-19(23(27,28)29)30-20(16)18)21(32)15-7-4-6-14(15)13-31-10-2-1-3-11-31;1-2-4-5-3-1;/h4-9,12,21,32H,1-3,10-11,13H2;1-5H;/q;;+2/t21-;;/m0../s1. The predicted octanol–water partition coefficient (Wildman–Crippen LogP) is 6.59. The van der Waals surface area contributed by atoms with E-state index >= 15 is 0 Å². The molecule has 38 heavy (non-hydrogen) atoms. The van der Waals surface area contributed by atoms with Crippen LogP contribution in [-0.4, -0.2) is 34.6 Å². The van der Waals surface area contributed by atoms with Crippen molar-refractivity contribution in [3.8, 4) is 0 Å². The molecule has 2 aromatic rings. The van der Waals surface area contributed by atoms with E-state index in [0.717, 1.165) is 44.3 Å². The third-order valence-corrected chi connectivity index (χ3v) is 6.40. The summed E-state index contributed by atoms with van der Waals surface area (Å²) in [4.78, 5) is 5.49. The van der Waals surface area contributed by atoms with Gasteiger partial charge in [0, 0.05) is 23.8 Å². The van der Waals surface area contributed by atoms with Crippen molar-refractivity contribution in [2.75, 3.05) is 19.6 Å². The molecule has 0 bridgehead atoms. The maximum atomic E-state index is 13.5. The Morgan fingerprint density at radius 2 is 1.47 bits per heavy atom. The summed E-state index contributed by atoms with van der Waals surface area (Å²) in [5, 5.41) is 10.9. The Kier molecular flexibility index (Phi) is 10.9. The number of fused-ring (bicyclic) bond motifs is 1. The number of aliphatic hydroxyl groups is 1. The maximum Gasteiger partial charge on any atom is 2.00 e. The third kappa shape index (κ3) is 7.64. The molecule has 10 heteroatoms. The fourth-order valence-electron chi connectivity index (χ4n) is 4.60. The zero-order valence-electron chi connectivity index (χ0n) is 20.2. The van der Waals surface area contributed by atoms with Gasteiger partial charge in [0.25, 0.3) is 0 Å². The van der Waals surface area contributed by atoms with Gasteiger partial charge in [-0.3, -0.25) is 0 Å². The summed E-state index contributed by atoms with van der Waals surface area (Å²) in [5.74, 6) is 1.12. The number of hydrogen-bond acceptors (Lipinski definition) is 3. The molecule has 2 heterocycles. The molecule has 1 aromatic heterocycles. The Balaban J connectivity index is 0.000000598. The minimum atomic E-state index is -4.97. The number of aromatic nitrogens is 1. The molecule has 1 aromatic carbocycles. The molecule has 1 aliphatic heterocycles. The van der Waals surface area contributed by atoms with Gasteiger partial charge in [-0.05, 0) is 95.0 Å². The summed E-state index contributed by atoms with van der Waals surface area (Å²) in [6.07, 6.45) is 6.90. The van der Waals surface area contributed by atoms with E-state index in [0.29, 0.717) is 24.6 Å². The van der Waals surface area contributed by atoms with Crippen LogP contribution in [0.5, 0.6) is 0 Å². The number of hydrogen-bond donors (Lipinski definition) is 1. The number of likely N-dealkylation sites (tertiary alicyclic amines) is 1. The van der Waals surface area contributed by atoms with Crippen molar-refractivity contribution in [3.63, 3.8) is 0 Å². The summed E-state index contributed by atoms with van der Waals surface area (Å²) in [6, 6.07) is 3.69. The monoisotopic (exact) mass is 576 g/mol. The van der Waals surface area contributed by atoms with Crippen molar-refractivity contribution in [2.24, 2.45) is 0 Å². The summed E-state index contributed by atoms with van der Waals surface area (Å²) >= 11 is 0. The van der Waals surface area contributed by atoms with Crippen LogP contribution in [0.4, 0.5) is 26.3 Å². The van der Waals surface area contributed by atoms with E-state index in [1.54, 1.807) is 19.3 Å². The molecule has 2 aliphatic carbocycles. The first-order chi connectivity index (χ1) is 17.6. The maximum absolute atomic E-state index is 13.5. The molecule has 0 spiro atoms. The minimum absolute atomic E-state index is 0. The number of piperidine rings is 1. The van der Waals surface area contributed by atoms with Crippen molar-refractivity contribution in [2.45, 2.75) is 37.7 Å². The van der Waals surface area contributed by atoms with Crippen LogP contribution in [0.25, 0.3) is 10.9 Å². The van der Waals surface area contributed by atoms with Gasteiger partial charge < -0.3 is 10.0 Å². The van der Waals surface area contributed by atoms with Crippen molar-refractivity contribution in [3.05, 3.63) is 104 Å². The smallest absolute Gasteiger partial charge is 0.388 e. The first-order valence-corrected chi connectivity index (χ1v) is 12.0. The number of alkyl halides is 6. The van der Waals surface area contributed by atoms with Crippen LogP contribution >= 0.6 is 0 Å². The van der Waals surface area contributed by atoms with Crippen LogP contribution in [0, 0.1) is 63.2 Å². The zero-order chi connectivity index (χ0) is 26.6. The molecular formula is C28H26F6FeN2O+2. The first-order valence-electron chi connectivity index (χ1n) is 12.0. The summed E-state index contributed by atoms with van der Waals surface area (Å²) < 4.78 is 80.9. The molecule has 0 unspecified atom stereocenters. The second-order valence-corrected chi connectivity index (χ2v) is 9.00. The van der Waals surface area contributed by atoms with E-state index in [2.05, 4.69) is 9.88 Å². The largest absolute Gasteiger partial charge is 2.00 e. The quantitative estimate of drug-likeness (QED) is 0.330. The van der Waals surface area contributed by atoms with Gasteiger partial charge in [-0.15, -0.1) is 0 Å². The molecule has 0 amide bonds. The van der Waals surface area contributed by atoms with Crippen LogP contribution in [-0.2, 0) is 29.4 Å². The Hall–Kier alpha value is -1.35. The number of rotatable bonds is 4. The number of halogens is 6. The molecule has 2 saturated carbocycles. The number of aliphatic hydroxyl groups excluding tert-OH is 1. The van der Waals surface area contributed by atoms with Gasteiger partial charge in [0.1, 0.15) is 5.69 Å². The van der Waals surface area contributed by atoms with Gasteiger partial charge in [0.2, 0.25) is 0 Å². The minimum Gasteiger partial charge on any atom is -0.388 e. The average Bonchev–Trinajstić information content (AvgIpc) is 3.58. The van der Waals surface area contributed by atoms with Crippen molar-refractivity contribution in [1.29, 1.82) is 0 Å². The van der Waals surface area contributed by atoms with Crippen molar-refractivity contribution >= 4 is 10.9 Å². The molecule has 1 saturated heterocycles. The van der Waals surface area contributed by atoms with E-state index in [9.17, 15) is 31.4 Å². The van der Waals surface area contributed by atoms with E-state index in [-0.39, 0.29) is 28.0 Å². The van der Waals surface area contributed by atoms with Gasteiger partial charge in [-0.1, -0.05) is 18.6 Å². The topological polar surface area (TPSA) is 36.4 Å². The van der Waals surface area contributed by atoms with Gasteiger partial charge >= 0.3 is 29.4 Å². The number of para-hydroxylation sites is 1. The van der Waals surface area contributed by atoms with Gasteiger partial charge in [0.05, 0.1) is 17.2 Å². The fraction of sp³-hybridized carbons (Fsp3) is 0.321. The third-order valence-electron chi connectivity index (χ3n) is 6.40. The second kappa shape index (κ2) is 13.3. The normalized spacial score (nSPS) is 20.7. The second-order valence-electron chi connectivity index (χ2n) is 9.00. The zero-order valence-corrected chi connectivity index (χ0v) is 21.3. The number of benzene rings is 1. The van der Waals surface area contributed by atoms with Crippen LogP contribution in [0.1, 0.15) is 42.2 Å². The summed E-state index contributed by atoms with van der Waals surface area (Å²) in [5.41, 5.74) is -3.82. The van der Waals surface area contributed by atoms with Crippen LogP contribution < -0.4 is 0 Å². The van der Waals surface area contributed by atoms with Crippen molar-refractivity contribution < 1.29 is 48.5 Å². The van der Waals surface area contributed by atoms with Crippen molar-refractivity contribution in [1.82, 2.24) is 9.88 Å². The molecule has 1 atom stereocenters. The molecule has 3 fully saturated rings. The SMILES string of the molecule is O[C@@H]([C]1[CH][CH][CH][C]1CN1CCCCC1)c1cc(C(F)(F)F)nc2c(C(F)(F)F)cccc12.[CH]1[CH][CH][CH][CH]1.[Fe+2]. The molecule has 10 radical (unpaired) electrons. The Morgan fingerprint density at radius 3 is 2.05 bits per heavy atom. The van der Waals surface area contributed by atoms with Crippen LogP contribution in [0.2, 0.25) is 0 Å². The molecule has 3 aliphatic rings. The van der Waals surface area contributed by atoms with E-state index < -0.39 is 35.2 Å². The van der Waals surface area contributed by atoms with E-state index in [4.69, 9.17) is 0 Å². The predicted molar refractivity (Wildman–Crippen MR) is 128 cm³/mol. The molecule has 1 N–H and O–H groups in total. The Bertz CT molecular complexity index is 1030. The number of nitrogens with zero attached hydrogens (tertiary/aromatic N) is 2. The van der Waals surface area contributed by atoms with Gasteiger partial charge in [-0.2, -0.15) is 26.3 Å². The van der Waals surface area contributed by atoms with E-state index in [1.165, 1.54) is 6.07 Å². The molecule has 3 nitrogen and oxygen atoms in total. The molecule has 5 rings (SSSR count). The molecular weight excluding hydrogens is 550 g/mol.